The van der Waals surface area contributed by atoms with E-state index in [0.29, 0.717) is 0 Å². The molecular weight excluding hydrogens is 425 g/mol. The van der Waals surface area contributed by atoms with Crippen molar-refractivity contribution < 1.29 is 32.8 Å². The molecule has 5 N–H and O–H groups in total. The maximum atomic E-state index is 12.7. The Kier molecular flexibility index (Phi) is 7.18. The zero-order valence-corrected chi connectivity index (χ0v) is 15.9. The minimum atomic E-state index is -4.54. The molecule has 0 saturated carbocycles. The number of hydrogen-bond acceptors (Lipinski definition) is 9. The fourth-order valence-electron chi connectivity index (χ4n) is 2.45. The van der Waals surface area contributed by atoms with Gasteiger partial charge in [0.25, 0.3) is 0 Å². The van der Waals surface area contributed by atoms with Crippen molar-refractivity contribution in [1.29, 1.82) is 0 Å². The standard InChI is InChI=1S/C17H17F3N6O5/c1-2-31-16(27)24-13-7-11(14(26(29)30)15(21)23-13)22-8-12(25-28)9-3-5-10(6-4-9)17(18,19)20/h3-7,28H,2,8H2,1H3,(H4,21,22,23,24,27)/b25-12+. The molecule has 0 aliphatic carbocycles. The van der Waals surface area contributed by atoms with E-state index in [0.717, 1.165) is 30.3 Å². The number of nitrogens with one attached hydrogen (secondary N) is 2. The summed E-state index contributed by atoms with van der Waals surface area (Å²) in [5, 5.41) is 28.5. The number of amides is 1. The van der Waals surface area contributed by atoms with Gasteiger partial charge in [-0.3, -0.25) is 15.4 Å². The molecule has 0 unspecified atom stereocenters. The number of carbonyl (C=O) groups excluding carboxylic acids is 1. The van der Waals surface area contributed by atoms with Gasteiger partial charge in [0, 0.05) is 11.6 Å². The molecule has 11 nitrogen and oxygen atoms in total. The molecule has 14 heteroatoms. The molecule has 0 aliphatic heterocycles. The zero-order valence-electron chi connectivity index (χ0n) is 15.9. The minimum absolute atomic E-state index is 0.0723. The highest BCUT2D eigenvalue weighted by molar-refractivity contribution is 6.03. The van der Waals surface area contributed by atoms with Gasteiger partial charge in [-0.05, 0) is 19.1 Å². The normalized spacial score (nSPS) is 11.7. The molecule has 0 saturated heterocycles. The van der Waals surface area contributed by atoms with Crippen LogP contribution in [0.5, 0.6) is 0 Å². The lowest BCUT2D eigenvalue weighted by Crippen LogP contribution is -2.19. The summed E-state index contributed by atoms with van der Waals surface area (Å²) in [7, 11) is 0. The summed E-state index contributed by atoms with van der Waals surface area (Å²) in [6.45, 7) is 1.31. The molecule has 166 valence electrons. The second-order valence-corrected chi connectivity index (χ2v) is 5.87. The lowest BCUT2D eigenvalue weighted by Gasteiger charge is -2.12. The van der Waals surface area contributed by atoms with E-state index in [2.05, 4.69) is 20.8 Å². The summed E-state index contributed by atoms with van der Waals surface area (Å²) in [5.74, 6) is -0.667. The minimum Gasteiger partial charge on any atom is -0.450 e. The molecular formula is C17H17F3N6O5. The topological polar surface area (TPSA) is 165 Å². The largest absolute Gasteiger partial charge is 0.450 e. The highest BCUT2D eigenvalue weighted by Gasteiger charge is 2.30. The molecule has 2 aromatic rings. The summed E-state index contributed by atoms with van der Waals surface area (Å²) in [5.41, 5.74) is 3.94. The molecule has 0 fully saturated rings. The summed E-state index contributed by atoms with van der Waals surface area (Å²) in [4.78, 5) is 25.8. The number of rotatable bonds is 7. The first-order valence-electron chi connectivity index (χ1n) is 8.58. The fourth-order valence-corrected chi connectivity index (χ4v) is 2.45. The van der Waals surface area contributed by atoms with Gasteiger partial charge in [0.05, 0.1) is 23.6 Å². The Labute approximate surface area is 172 Å². The monoisotopic (exact) mass is 442 g/mol. The van der Waals surface area contributed by atoms with Gasteiger partial charge >= 0.3 is 18.0 Å². The number of alkyl halides is 3. The van der Waals surface area contributed by atoms with Gasteiger partial charge in [-0.15, -0.1) is 0 Å². The van der Waals surface area contributed by atoms with Crippen LogP contribution in [0, 0.1) is 10.1 Å². The maximum absolute atomic E-state index is 12.7. The van der Waals surface area contributed by atoms with Crippen molar-refractivity contribution in [3.05, 3.63) is 51.6 Å². The molecule has 1 aromatic carbocycles. The lowest BCUT2D eigenvalue weighted by atomic mass is 10.1. The maximum Gasteiger partial charge on any atom is 0.416 e. The Morgan fingerprint density at radius 1 is 1.35 bits per heavy atom. The van der Waals surface area contributed by atoms with Gasteiger partial charge in [-0.2, -0.15) is 13.2 Å². The third-order valence-electron chi connectivity index (χ3n) is 3.82. The molecule has 0 spiro atoms. The number of hydrogen-bond donors (Lipinski definition) is 4. The Hall–Kier alpha value is -4.10. The number of nitrogens with two attached hydrogens (primary N) is 1. The summed E-state index contributed by atoms with van der Waals surface area (Å²) >= 11 is 0. The van der Waals surface area contributed by atoms with Gasteiger partial charge in [-0.1, -0.05) is 17.3 Å². The second-order valence-electron chi connectivity index (χ2n) is 5.87. The van der Waals surface area contributed by atoms with Crippen molar-refractivity contribution >= 4 is 34.8 Å². The van der Waals surface area contributed by atoms with Crippen LogP contribution in [0.1, 0.15) is 18.1 Å². The van der Waals surface area contributed by atoms with Crippen molar-refractivity contribution in [2.75, 3.05) is 29.5 Å². The molecule has 31 heavy (non-hydrogen) atoms. The number of pyridine rings is 1. The molecule has 2 rings (SSSR count). The number of nitrogen functional groups attached to an aromatic ring is 1. The Morgan fingerprint density at radius 2 is 2.00 bits per heavy atom. The molecule has 1 amide bonds. The Balaban J connectivity index is 2.28. The van der Waals surface area contributed by atoms with Crippen LogP contribution in [0.3, 0.4) is 0 Å². The van der Waals surface area contributed by atoms with Crippen LogP contribution in [0.4, 0.5) is 41.0 Å². The molecule has 1 aromatic heterocycles. The Bertz CT molecular complexity index is 995. The quantitative estimate of drug-likeness (QED) is 0.219. The molecule has 0 aliphatic rings. The molecule has 0 bridgehead atoms. The number of ether oxygens (including phenoxy) is 1. The zero-order chi connectivity index (χ0) is 23.2. The van der Waals surface area contributed by atoms with Gasteiger partial charge < -0.3 is 21.0 Å². The fraction of sp³-hybridized carbons (Fsp3) is 0.235. The number of benzene rings is 1. The van der Waals surface area contributed by atoms with E-state index in [-0.39, 0.29) is 35.9 Å². The van der Waals surface area contributed by atoms with Crippen molar-refractivity contribution in [3.8, 4) is 0 Å². The van der Waals surface area contributed by atoms with E-state index in [1.54, 1.807) is 6.92 Å². The molecule has 0 atom stereocenters. The van der Waals surface area contributed by atoms with Crippen molar-refractivity contribution in [3.63, 3.8) is 0 Å². The van der Waals surface area contributed by atoms with E-state index in [4.69, 9.17) is 10.5 Å². The summed E-state index contributed by atoms with van der Waals surface area (Å²) in [6.07, 6.45) is -5.40. The molecule has 0 radical (unpaired) electrons. The van der Waals surface area contributed by atoms with Crippen LogP contribution in [-0.2, 0) is 10.9 Å². The van der Waals surface area contributed by atoms with Crippen molar-refractivity contribution in [2.24, 2.45) is 5.16 Å². The van der Waals surface area contributed by atoms with Gasteiger partial charge in [0.15, 0.2) is 0 Å². The van der Waals surface area contributed by atoms with E-state index < -0.39 is 34.3 Å². The first-order chi connectivity index (χ1) is 14.6. The van der Waals surface area contributed by atoms with Crippen LogP contribution >= 0.6 is 0 Å². The number of anilines is 3. The highest BCUT2D eigenvalue weighted by Crippen LogP contribution is 2.32. The molecule has 1 heterocycles. The number of nitro groups is 1. The van der Waals surface area contributed by atoms with Crippen LogP contribution in [-0.4, -0.2) is 40.1 Å². The number of carbonyl (C=O) groups is 1. The Morgan fingerprint density at radius 3 is 2.52 bits per heavy atom. The highest BCUT2D eigenvalue weighted by atomic mass is 19.4. The summed E-state index contributed by atoms with van der Waals surface area (Å²) in [6, 6.07) is 4.88. The van der Waals surface area contributed by atoms with E-state index in [1.807, 2.05) is 0 Å². The SMILES string of the molecule is CCOC(=O)Nc1cc(NC/C(=N\O)c2ccc(C(F)(F)F)cc2)c([N+](=O)[O-])c(N)n1. The number of aromatic nitrogens is 1. The third-order valence-corrected chi connectivity index (χ3v) is 3.82. The van der Waals surface area contributed by atoms with Gasteiger partial charge in [-0.25, -0.2) is 9.78 Å². The van der Waals surface area contributed by atoms with Crippen LogP contribution in [0.15, 0.2) is 35.5 Å². The third kappa shape index (κ3) is 5.94. The van der Waals surface area contributed by atoms with Gasteiger partial charge in [0.2, 0.25) is 5.82 Å². The average molecular weight is 442 g/mol. The van der Waals surface area contributed by atoms with Crippen LogP contribution in [0.25, 0.3) is 0 Å². The number of halogens is 3. The number of nitrogens with zero attached hydrogens (tertiary/aromatic N) is 3. The van der Waals surface area contributed by atoms with Crippen molar-refractivity contribution in [1.82, 2.24) is 4.98 Å². The average Bonchev–Trinajstić information content (AvgIpc) is 2.67. The predicted molar refractivity (Wildman–Crippen MR) is 104 cm³/mol. The van der Waals surface area contributed by atoms with Gasteiger partial charge in [0.1, 0.15) is 17.2 Å². The van der Waals surface area contributed by atoms with Crippen molar-refractivity contribution in [2.45, 2.75) is 13.1 Å². The predicted octanol–water partition coefficient (Wildman–Crippen LogP) is 3.45. The number of oxime groups is 1. The van der Waals surface area contributed by atoms with E-state index in [1.165, 1.54) is 0 Å². The van der Waals surface area contributed by atoms with Crippen LogP contribution < -0.4 is 16.4 Å². The lowest BCUT2D eigenvalue weighted by molar-refractivity contribution is -0.383. The van der Waals surface area contributed by atoms with E-state index in [9.17, 15) is 33.3 Å². The first kappa shape index (κ1) is 23.2. The first-order valence-corrected chi connectivity index (χ1v) is 8.58. The van der Waals surface area contributed by atoms with Crippen LogP contribution in [0.2, 0.25) is 0 Å². The smallest absolute Gasteiger partial charge is 0.416 e. The second kappa shape index (κ2) is 9.60. The van der Waals surface area contributed by atoms with E-state index >= 15 is 0 Å². The summed E-state index contributed by atoms with van der Waals surface area (Å²) < 4.78 is 42.8.